The highest BCUT2D eigenvalue weighted by Gasteiger charge is 2.24. The molecule has 0 heterocycles. The van der Waals surface area contributed by atoms with Gasteiger partial charge in [0.15, 0.2) is 0 Å². The molecule has 0 aliphatic rings. The van der Waals surface area contributed by atoms with Crippen molar-refractivity contribution in [3.05, 3.63) is 34.3 Å². The molecule has 0 unspecified atom stereocenters. The van der Waals surface area contributed by atoms with Crippen molar-refractivity contribution in [3.63, 3.8) is 0 Å². The molecular weight excluding hydrogens is 300 g/mol. The molecular formula is C13H14BrO4. The minimum absolute atomic E-state index is 0.00725. The molecule has 18 heavy (non-hydrogen) atoms. The second-order valence-electron chi connectivity index (χ2n) is 4.37. The summed E-state index contributed by atoms with van der Waals surface area (Å²) in [6.45, 7) is 4.76. The lowest BCUT2D eigenvalue weighted by atomic mass is 10.1. The van der Waals surface area contributed by atoms with Crippen molar-refractivity contribution in [2.75, 3.05) is 0 Å². The maximum absolute atomic E-state index is 11.6. The number of hydrogen-bond acceptors (Lipinski definition) is 4. The van der Waals surface area contributed by atoms with E-state index in [0.717, 1.165) is 10.0 Å². The minimum Gasteiger partial charge on any atom is -0.461 e. The van der Waals surface area contributed by atoms with Crippen LogP contribution in [0.3, 0.4) is 0 Å². The fraction of sp³-hybridized carbons (Fsp3) is 0.385. The van der Waals surface area contributed by atoms with Crippen molar-refractivity contribution in [3.8, 4) is 0 Å². The van der Waals surface area contributed by atoms with Gasteiger partial charge in [-0.15, -0.1) is 0 Å². The number of esters is 1. The molecule has 0 fully saturated rings. The molecule has 0 aromatic heterocycles. The summed E-state index contributed by atoms with van der Waals surface area (Å²) in [7, 11) is 0. The Kier molecular flexibility index (Phi) is 5.34. The van der Waals surface area contributed by atoms with E-state index >= 15 is 0 Å². The summed E-state index contributed by atoms with van der Waals surface area (Å²) in [5.41, 5.74) is -0.0150. The predicted molar refractivity (Wildman–Crippen MR) is 69.4 cm³/mol. The van der Waals surface area contributed by atoms with Crippen LogP contribution in [-0.2, 0) is 25.7 Å². The second-order valence-corrected chi connectivity index (χ2v) is 5.23. The number of benzene rings is 1. The number of carbonyl (C=O) groups excluding carboxylic acids is 2. The molecule has 1 aromatic carbocycles. The standard InChI is InChI=1S/C13H14BrO4/c1-13(2,18-9-15)7-12(16)17-8-10-5-3-4-6-11(10)14/h3-6H,7-8H2,1-2H3. The van der Waals surface area contributed by atoms with Gasteiger partial charge in [-0.1, -0.05) is 34.1 Å². The number of ether oxygens (including phenoxy) is 2. The molecule has 0 atom stereocenters. The zero-order valence-corrected chi connectivity index (χ0v) is 11.8. The second kappa shape index (κ2) is 6.54. The van der Waals surface area contributed by atoms with Gasteiger partial charge >= 0.3 is 12.4 Å². The SMILES string of the molecule is CC(C)(CC(=O)OCc1ccccc1Br)O[C]=O. The molecule has 97 valence electrons. The summed E-state index contributed by atoms with van der Waals surface area (Å²) in [5, 5.41) is 0. The normalized spacial score (nSPS) is 10.8. The van der Waals surface area contributed by atoms with Crippen molar-refractivity contribution in [1.29, 1.82) is 0 Å². The van der Waals surface area contributed by atoms with Crippen LogP contribution in [0.5, 0.6) is 0 Å². The Bertz CT molecular complexity index is 429. The first-order valence-electron chi connectivity index (χ1n) is 5.39. The molecule has 0 amide bonds. The zero-order chi connectivity index (χ0) is 13.6. The summed E-state index contributed by atoms with van der Waals surface area (Å²) in [5.74, 6) is -0.425. The van der Waals surface area contributed by atoms with Crippen LogP contribution in [0.2, 0.25) is 0 Å². The third-order valence-corrected chi connectivity index (χ3v) is 3.01. The van der Waals surface area contributed by atoms with Gasteiger partial charge in [0.25, 0.3) is 0 Å². The topological polar surface area (TPSA) is 52.6 Å². The zero-order valence-electron chi connectivity index (χ0n) is 10.2. The maximum atomic E-state index is 11.6. The summed E-state index contributed by atoms with van der Waals surface area (Å²) in [4.78, 5) is 21.7. The van der Waals surface area contributed by atoms with Gasteiger partial charge in [0.2, 0.25) is 0 Å². The average molecular weight is 314 g/mol. The summed E-state index contributed by atoms with van der Waals surface area (Å²) in [6, 6.07) is 7.48. The third kappa shape index (κ3) is 4.87. The van der Waals surface area contributed by atoms with Crippen LogP contribution in [0.1, 0.15) is 25.8 Å². The predicted octanol–water partition coefficient (Wildman–Crippen LogP) is 2.74. The largest absolute Gasteiger partial charge is 0.461 e. The molecule has 4 nitrogen and oxygen atoms in total. The third-order valence-electron chi connectivity index (χ3n) is 2.23. The van der Waals surface area contributed by atoms with Gasteiger partial charge in [-0.3, -0.25) is 4.79 Å². The first-order chi connectivity index (χ1) is 8.44. The summed E-state index contributed by atoms with van der Waals surface area (Å²) >= 11 is 3.37. The van der Waals surface area contributed by atoms with E-state index < -0.39 is 11.6 Å². The van der Waals surface area contributed by atoms with E-state index in [-0.39, 0.29) is 13.0 Å². The quantitative estimate of drug-likeness (QED) is 0.758. The van der Waals surface area contributed by atoms with Gasteiger partial charge < -0.3 is 9.47 Å². The molecule has 0 spiro atoms. The van der Waals surface area contributed by atoms with E-state index in [1.54, 1.807) is 13.8 Å². The summed E-state index contributed by atoms with van der Waals surface area (Å²) in [6.07, 6.45) is -0.00725. The Morgan fingerprint density at radius 1 is 1.39 bits per heavy atom. The molecule has 0 saturated carbocycles. The van der Waals surface area contributed by atoms with E-state index in [0.29, 0.717) is 0 Å². The van der Waals surface area contributed by atoms with Crippen LogP contribution in [0.15, 0.2) is 28.7 Å². The van der Waals surface area contributed by atoms with Crippen molar-refractivity contribution in [2.45, 2.75) is 32.5 Å². The van der Waals surface area contributed by atoms with Crippen molar-refractivity contribution < 1.29 is 19.1 Å². The van der Waals surface area contributed by atoms with E-state index in [1.165, 1.54) is 6.47 Å². The van der Waals surface area contributed by atoms with Gasteiger partial charge in [-0.05, 0) is 19.9 Å². The minimum atomic E-state index is -0.896. The lowest BCUT2D eigenvalue weighted by Crippen LogP contribution is -2.28. The van der Waals surface area contributed by atoms with Gasteiger partial charge in [-0.25, -0.2) is 4.79 Å². The molecule has 0 bridgehead atoms. The van der Waals surface area contributed by atoms with Crippen LogP contribution in [0.25, 0.3) is 0 Å². The van der Waals surface area contributed by atoms with Crippen LogP contribution in [0.4, 0.5) is 0 Å². The van der Waals surface area contributed by atoms with Crippen LogP contribution >= 0.6 is 15.9 Å². The van der Waals surface area contributed by atoms with E-state index in [9.17, 15) is 9.59 Å². The maximum Gasteiger partial charge on any atom is 0.418 e. The number of halogens is 1. The van der Waals surface area contributed by atoms with Crippen molar-refractivity contribution >= 4 is 28.4 Å². The fourth-order valence-corrected chi connectivity index (χ4v) is 1.72. The fourth-order valence-electron chi connectivity index (χ4n) is 1.32. The lowest BCUT2D eigenvalue weighted by Gasteiger charge is -2.20. The number of hydrogen-bond donors (Lipinski definition) is 0. The average Bonchev–Trinajstić information content (AvgIpc) is 2.27. The number of carbonyl (C=O) groups is 1. The van der Waals surface area contributed by atoms with Crippen LogP contribution in [-0.4, -0.2) is 18.0 Å². The van der Waals surface area contributed by atoms with Crippen molar-refractivity contribution in [1.82, 2.24) is 0 Å². The molecule has 0 N–H and O–H groups in total. The Morgan fingerprint density at radius 2 is 2.06 bits per heavy atom. The molecule has 1 rings (SSSR count). The highest BCUT2D eigenvalue weighted by atomic mass is 79.9. The molecule has 0 saturated heterocycles. The smallest absolute Gasteiger partial charge is 0.418 e. The lowest BCUT2D eigenvalue weighted by molar-refractivity contribution is -0.148. The monoisotopic (exact) mass is 313 g/mol. The molecule has 0 aliphatic heterocycles. The van der Waals surface area contributed by atoms with Gasteiger partial charge in [0.05, 0.1) is 6.42 Å². The number of rotatable bonds is 6. The highest BCUT2D eigenvalue weighted by molar-refractivity contribution is 9.10. The van der Waals surface area contributed by atoms with Gasteiger partial charge in [0, 0.05) is 10.0 Å². The molecule has 0 aliphatic carbocycles. The van der Waals surface area contributed by atoms with Gasteiger partial charge in [-0.2, -0.15) is 0 Å². The van der Waals surface area contributed by atoms with E-state index in [1.807, 2.05) is 24.3 Å². The first kappa shape index (κ1) is 14.7. The summed E-state index contributed by atoms with van der Waals surface area (Å²) < 4.78 is 10.7. The van der Waals surface area contributed by atoms with Crippen LogP contribution in [0, 0.1) is 0 Å². The Morgan fingerprint density at radius 3 is 2.67 bits per heavy atom. The van der Waals surface area contributed by atoms with Gasteiger partial charge in [0.1, 0.15) is 12.2 Å². The highest BCUT2D eigenvalue weighted by Crippen LogP contribution is 2.18. The Labute approximate surface area is 114 Å². The van der Waals surface area contributed by atoms with E-state index in [4.69, 9.17) is 4.74 Å². The Balaban J connectivity index is 2.47. The molecule has 1 aromatic rings. The van der Waals surface area contributed by atoms with E-state index in [2.05, 4.69) is 20.7 Å². The Hall–Kier alpha value is -1.36. The van der Waals surface area contributed by atoms with Crippen LogP contribution < -0.4 is 0 Å². The first-order valence-corrected chi connectivity index (χ1v) is 6.18. The molecule has 1 radical (unpaired) electrons. The van der Waals surface area contributed by atoms with Crippen molar-refractivity contribution in [2.24, 2.45) is 0 Å². The molecule has 5 heteroatoms.